The molecule has 224 valence electrons. The predicted molar refractivity (Wildman–Crippen MR) is 135 cm³/mol. The summed E-state index contributed by atoms with van der Waals surface area (Å²) in [4.78, 5) is 62.5. The van der Waals surface area contributed by atoms with Gasteiger partial charge in [-0.25, -0.2) is 28.6 Å². The number of phosphoric ester groups is 1. The fourth-order valence-corrected chi connectivity index (χ4v) is 7.12. The summed E-state index contributed by atoms with van der Waals surface area (Å²) in [6.07, 6.45) is -3.87. The number of aliphatic hydroxyl groups is 2. The minimum Gasteiger partial charge on any atom is -0.388 e. The molecule has 0 radical (unpaired) electrons. The smallest absolute Gasteiger partial charge is 0.388 e. The molecule has 0 spiro atoms. The standard InChI is InChI=1S/C18H23N6O14P3/c1-20-10-5-3-2-4-9(10)14(26)18(24-8-23-12-16(19)21-7-22-17(12)24)15(27)13(25)11(36-18)6-35-40(31,32)38-41(33,34)37-39(28,29)30/h2-5,7-8,11,13,15,20,25,27H,6H2,1H3,(H,31,32)(H,33,34)(H2,19,21,22)(H2,28,29,30)/t11-,13-,15-,18-/m1/s1. The van der Waals surface area contributed by atoms with Gasteiger partial charge >= 0.3 is 23.5 Å². The molecule has 41 heavy (non-hydrogen) atoms. The van der Waals surface area contributed by atoms with Gasteiger partial charge in [0, 0.05) is 18.3 Å². The number of nitrogens with two attached hydrogens (primary N) is 1. The average Bonchev–Trinajstić information content (AvgIpc) is 3.41. The van der Waals surface area contributed by atoms with Gasteiger partial charge in [0.05, 0.1) is 6.61 Å². The molecule has 3 aromatic rings. The molecule has 1 saturated heterocycles. The van der Waals surface area contributed by atoms with Crippen molar-refractivity contribution in [3.8, 4) is 0 Å². The molecule has 2 aromatic heterocycles. The Morgan fingerprint density at radius 3 is 2.44 bits per heavy atom. The van der Waals surface area contributed by atoms with Gasteiger partial charge < -0.3 is 45.6 Å². The summed E-state index contributed by atoms with van der Waals surface area (Å²) in [5.74, 6) is -1.03. The lowest BCUT2D eigenvalue weighted by Crippen LogP contribution is -2.52. The van der Waals surface area contributed by atoms with E-state index in [-0.39, 0.29) is 28.2 Å². The van der Waals surface area contributed by atoms with Crippen molar-refractivity contribution in [1.82, 2.24) is 19.5 Å². The zero-order chi connectivity index (χ0) is 30.4. The van der Waals surface area contributed by atoms with Crippen LogP contribution in [0.5, 0.6) is 0 Å². The van der Waals surface area contributed by atoms with Crippen LogP contribution in [0.1, 0.15) is 10.4 Å². The zero-order valence-corrected chi connectivity index (χ0v) is 23.2. The highest BCUT2D eigenvalue weighted by Gasteiger charge is 2.61. The van der Waals surface area contributed by atoms with Crippen molar-refractivity contribution in [2.24, 2.45) is 0 Å². The Balaban J connectivity index is 1.73. The highest BCUT2D eigenvalue weighted by molar-refractivity contribution is 7.66. The quantitative estimate of drug-likeness (QED) is 0.0962. The number of rotatable bonds is 11. The summed E-state index contributed by atoms with van der Waals surface area (Å²) in [5.41, 5.74) is 3.46. The number of carbonyl (C=O) groups excluding carboxylic acids is 1. The molecular formula is C18H23N6O14P3. The van der Waals surface area contributed by atoms with Crippen LogP contribution in [0.2, 0.25) is 0 Å². The van der Waals surface area contributed by atoms with Gasteiger partial charge in [0.25, 0.3) is 0 Å². The number of nitrogen functional groups attached to an aromatic ring is 1. The van der Waals surface area contributed by atoms with E-state index >= 15 is 0 Å². The largest absolute Gasteiger partial charge is 0.490 e. The van der Waals surface area contributed by atoms with Crippen LogP contribution < -0.4 is 11.1 Å². The molecule has 6 atom stereocenters. The number of carbonyl (C=O) groups is 1. The number of ketones is 1. The third-order valence-electron chi connectivity index (χ3n) is 5.74. The van der Waals surface area contributed by atoms with Gasteiger partial charge in [0.2, 0.25) is 11.5 Å². The second kappa shape index (κ2) is 11.2. The Kier molecular flexibility index (Phi) is 8.54. The lowest BCUT2D eigenvalue weighted by atomic mass is 9.92. The molecule has 9 N–H and O–H groups in total. The number of fused-ring (bicyclic) bond motifs is 1. The second-order valence-electron chi connectivity index (χ2n) is 8.35. The number of nitrogens with one attached hydrogen (secondary N) is 1. The first-order valence-corrected chi connectivity index (χ1v) is 15.6. The van der Waals surface area contributed by atoms with Crippen LogP contribution in [-0.4, -0.2) is 87.1 Å². The van der Waals surface area contributed by atoms with Crippen LogP contribution in [0.15, 0.2) is 36.9 Å². The topological polar surface area (TPSA) is 308 Å². The van der Waals surface area contributed by atoms with E-state index in [2.05, 4.69) is 33.4 Å². The first-order chi connectivity index (χ1) is 19.0. The zero-order valence-electron chi connectivity index (χ0n) is 20.6. The molecule has 0 aliphatic carbocycles. The van der Waals surface area contributed by atoms with Crippen LogP contribution in [0.3, 0.4) is 0 Å². The monoisotopic (exact) mass is 640 g/mol. The fraction of sp³-hybridized carbons (Fsp3) is 0.333. The number of aromatic nitrogens is 4. The first kappa shape index (κ1) is 31.3. The Labute approximate surface area is 229 Å². The van der Waals surface area contributed by atoms with Gasteiger partial charge in [0.15, 0.2) is 11.5 Å². The average molecular weight is 640 g/mol. The van der Waals surface area contributed by atoms with E-state index in [1.165, 1.54) is 25.2 Å². The van der Waals surface area contributed by atoms with E-state index in [1.54, 1.807) is 6.07 Å². The number of phosphoric acid groups is 3. The first-order valence-electron chi connectivity index (χ1n) is 11.1. The lowest BCUT2D eigenvalue weighted by Gasteiger charge is -2.32. The van der Waals surface area contributed by atoms with Crippen molar-refractivity contribution in [2.75, 3.05) is 24.7 Å². The van der Waals surface area contributed by atoms with Crippen molar-refractivity contribution in [1.29, 1.82) is 0 Å². The Morgan fingerprint density at radius 2 is 1.78 bits per heavy atom. The van der Waals surface area contributed by atoms with E-state index in [9.17, 15) is 38.5 Å². The van der Waals surface area contributed by atoms with E-state index in [0.29, 0.717) is 0 Å². The molecule has 1 aliphatic heterocycles. The fourth-order valence-electron chi connectivity index (χ4n) is 4.09. The molecule has 1 aromatic carbocycles. The highest BCUT2D eigenvalue weighted by atomic mass is 31.3. The van der Waals surface area contributed by atoms with E-state index in [0.717, 1.165) is 17.2 Å². The summed E-state index contributed by atoms with van der Waals surface area (Å²) in [7, 11) is -15.6. The molecule has 1 aliphatic rings. The minimum absolute atomic E-state index is 0.00331. The lowest BCUT2D eigenvalue weighted by molar-refractivity contribution is -0.112. The van der Waals surface area contributed by atoms with Crippen LogP contribution in [0.25, 0.3) is 11.2 Å². The number of hydrogen-bond donors (Lipinski definition) is 8. The maximum Gasteiger partial charge on any atom is 0.490 e. The number of aliphatic hydroxyl groups excluding tert-OH is 2. The van der Waals surface area contributed by atoms with E-state index < -0.39 is 59.9 Å². The maximum absolute atomic E-state index is 14.1. The van der Waals surface area contributed by atoms with Gasteiger partial charge in [-0.2, -0.15) is 8.62 Å². The van der Waals surface area contributed by atoms with Crippen molar-refractivity contribution >= 4 is 51.9 Å². The number of benzene rings is 1. The molecule has 3 heterocycles. The molecule has 0 saturated carbocycles. The number of anilines is 2. The minimum atomic E-state index is -5.84. The second-order valence-corrected chi connectivity index (χ2v) is 12.8. The molecule has 0 amide bonds. The number of hydrogen-bond acceptors (Lipinski definition) is 15. The molecule has 20 nitrogen and oxygen atoms in total. The molecule has 23 heteroatoms. The number of nitrogens with zero attached hydrogens (tertiary/aromatic N) is 4. The summed E-state index contributed by atoms with van der Waals surface area (Å²) < 4.78 is 53.4. The number of imidazole rings is 1. The van der Waals surface area contributed by atoms with Gasteiger partial charge in [-0.05, 0) is 12.1 Å². The van der Waals surface area contributed by atoms with Crippen LogP contribution in [0, 0.1) is 0 Å². The normalized spacial score (nSPS) is 26.0. The summed E-state index contributed by atoms with van der Waals surface area (Å²) in [5, 5.41) is 24.9. The van der Waals surface area contributed by atoms with Gasteiger partial charge in [-0.3, -0.25) is 13.9 Å². The highest BCUT2D eigenvalue weighted by Crippen LogP contribution is 2.66. The van der Waals surface area contributed by atoms with Crippen LogP contribution >= 0.6 is 23.5 Å². The summed E-state index contributed by atoms with van der Waals surface area (Å²) >= 11 is 0. The number of para-hydroxylation sites is 1. The Hall–Kier alpha value is -2.67. The van der Waals surface area contributed by atoms with Gasteiger partial charge in [-0.1, -0.05) is 12.1 Å². The predicted octanol–water partition coefficient (Wildman–Crippen LogP) is -0.550. The molecule has 1 fully saturated rings. The van der Waals surface area contributed by atoms with Crippen molar-refractivity contribution in [3.05, 3.63) is 42.5 Å². The third kappa shape index (κ3) is 6.25. The van der Waals surface area contributed by atoms with E-state index in [1.807, 2.05) is 0 Å². The van der Waals surface area contributed by atoms with Crippen molar-refractivity contribution < 1.29 is 66.2 Å². The van der Waals surface area contributed by atoms with Crippen molar-refractivity contribution in [3.63, 3.8) is 0 Å². The van der Waals surface area contributed by atoms with Crippen molar-refractivity contribution in [2.45, 2.75) is 24.0 Å². The van der Waals surface area contributed by atoms with Gasteiger partial charge in [0.1, 0.15) is 36.5 Å². The van der Waals surface area contributed by atoms with Crippen LogP contribution in [-0.2, 0) is 37.3 Å². The molecule has 0 bridgehead atoms. The SMILES string of the molecule is CNc1ccccc1C(=O)[C@@]1(n2cnc3c(N)ncnc32)O[C@H](COP(=O)(O)OP(=O)(O)OP(=O)(O)O)[C@@H](O)[C@H]1O. The Morgan fingerprint density at radius 1 is 1.10 bits per heavy atom. The molecule has 4 rings (SSSR count). The molecule has 2 unspecified atom stereocenters. The van der Waals surface area contributed by atoms with Crippen LogP contribution in [0.4, 0.5) is 11.5 Å². The summed E-state index contributed by atoms with van der Waals surface area (Å²) in [6, 6.07) is 6.05. The third-order valence-corrected chi connectivity index (χ3v) is 9.54. The summed E-state index contributed by atoms with van der Waals surface area (Å²) in [6.45, 7) is -1.17. The molecular weight excluding hydrogens is 617 g/mol. The van der Waals surface area contributed by atoms with Gasteiger partial charge in [-0.15, -0.1) is 0 Å². The number of ether oxygens (including phenoxy) is 1. The number of Topliss-reactive ketones (excluding diaryl/α,β-unsaturated/α-hetero) is 1. The Bertz CT molecular complexity index is 1610. The maximum atomic E-state index is 14.1. The van der Waals surface area contributed by atoms with E-state index in [4.69, 9.17) is 20.3 Å².